The molecule has 21 heavy (non-hydrogen) atoms. The highest BCUT2D eigenvalue weighted by atomic mass is 79.9. The molecule has 1 amide bonds. The quantitative estimate of drug-likeness (QED) is 0.899. The molecule has 2 aromatic rings. The summed E-state index contributed by atoms with van der Waals surface area (Å²) in [7, 11) is 0. The highest BCUT2D eigenvalue weighted by Gasteiger charge is 2.23. The van der Waals surface area contributed by atoms with E-state index in [2.05, 4.69) is 33.1 Å². The number of hydrogen-bond acceptors (Lipinski definition) is 2. The number of benzene rings is 1. The number of hydrogen-bond donors (Lipinski definition) is 1. The molecule has 3 rings (SSSR count). The predicted octanol–water partition coefficient (Wildman–Crippen LogP) is 3.71. The number of carbonyl (C=O) groups excluding carboxylic acids is 1. The number of piperidine rings is 1. The molecule has 1 atom stereocenters. The number of nitrogens with zero attached hydrogens (tertiary/aromatic N) is 2. The van der Waals surface area contributed by atoms with E-state index in [4.69, 9.17) is 0 Å². The summed E-state index contributed by atoms with van der Waals surface area (Å²) in [4.78, 5) is 14.4. The minimum Gasteiger partial charge on any atom is -0.337 e. The number of amides is 1. The van der Waals surface area contributed by atoms with Crippen LogP contribution in [-0.4, -0.2) is 34.1 Å². The number of halogens is 1. The van der Waals surface area contributed by atoms with E-state index in [-0.39, 0.29) is 5.91 Å². The van der Waals surface area contributed by atoms with Crippen LogP contribution in [0.25, 0.3) is 11.3 Å². The molecule has 4 nitrogen and oxygen atoms in total. The molecule has 1 N–H and O–H groups in total. The van der Waals surface area contributed by atoms with Crippen molar-refractivity contribution in [3.8, 4) is 11.3 Å². The van der Waals surface area contributed by atoms with Crippen LogP contribution in [0.4, 0.5) is 0 Å². The summed E-state index contributed by atoms with van der Waals surface area (Å²) in [5.41, 5.74) is 2.37. The van der Waals surface area contributed by atoms with Gasteiger partial charge in [0.05, 0.1) is 5.69 Å². The second kappa shape index (κ2) is 6.02. The first-order valence-electron chi connectivity index (χ1n) is 7.24. The summed E-state index contributed by atoms with van der Waals surface area (Å²) in [5, 5.41) is 7.14. The normalized spacial score (nSPS) is 18.8. The first kappa shape index (κ1) is 14.3. The van der Waals surface area contributed by atoms with Crippen molar-refractivity contribution in [3.05, 3.63) is 40.5 Å². The van der Waals surface area contributed by atoms with Crippen LogP contribution in [0.5, 0.6) is 0 Å². The van der Waals surface area contributed by atoms with Crippen LogP contribution in [0.3, 0.4) is 0 Å². The van der Waals surface area contributed by atoms with Crippen molar-refractivity contribution in [1.29, 1.82) is 0 Å². The predicted molar refractivity (Wildman–Crippen MR) is 86.0 cm³/mol. The molecule has 1 aliphatic heterocycles. The third-order valence-corrected chi connectivity index (χ3v) is 4.42. The summed E-state index contributed by atoms with van der Waals surface area (Å²) >= 11 is 3.42. The van der Waals surface area contributed by atoms with E-state index in [1.54, 1.807) is 0 Å². The van der Waals surface area contributed by atoms with E-state index < -0.39 is 0 Å². The highest BCUT2D eigenvalue weighted by Crippen LogP contribution is 2.22. The van der Waals surface area contributed by atoms with Crippen LogP contribution < -0.4 is 0 Å². The lowest BCUT2D eigenvalue weighted by atomic mass is 10.00. The van der Waals surface area contributed by atoms with Gasteiger partial charge in [-0.1, -0.05) is 35.0 Å². The Bertz CT molecular complexity index is 635. The molecule has 1 saturated heterocycles. The van der Waals surface area contributed by atoms with Gasteiger partial charge in [-0.3, -0.25) is 9.89 Å². The first-order valence-corrected chi connectivity index (χ1v) is 8.03. The standard InChI is InChI=1S/C16H18BrN3O/c1-11-3-2-8-20(10-11)16(21)15-9-14(18-19-15)12-4-6-13(17)7-5-12/h4-7,9,11H,2-3,8,10H2,1H3,(H,18,19). The van der Waals surface area contributed by atoms with Crippen LogP contribution in [0.1, 0.15) is 30.3 Å². The van der Waals surface area contributed by atoms with Gasteiger partial charge in [-0.25, -0.2) is 0 Å². The number of rotatable bonds is 2. The number of H-pyrrole nitrogens is 1. The van der Waals surface area contributed by atoms with Crippen molar-refractivity contribution in [2.45, 2.75) is 19.8 Å². The average molecular weight is 348 g/mol. The average Bonchev–Trinajstić information content (AvgIpc) is 2.97. The molecule has 2 heterocycles. The van der Waals surface area contributed by atoms with Gasteiger partial charge in [0, 0.05) is 23.1 Å². The zero-order valence-corrected chi connectivity index (χ0v) is 13.6. The summed E-state index contributed by atoms with van der Waals surface area (Å²) in [6.45, 7) is 3.88. The van der Waals surface area contributed by atoms with Gasteiger partial charge in [-0.15, -0.1) is 0 Å². The van der Waals surface area contributed by atoms with Crippen molar-refractivity contribution in [3.63, 3.8) is 0 Å². The topological polar surface area (TPSA) is 49.0 Å². The fourth-order valence-corrected chi connectivity index (χ4v) is 3.01. The van der Waals surface area contributed by atoms with Crippen molar-refractivity contribution in [1.82, 2.24) is 15.1 Å². The second-order valence-corrected chi connectivity index (χ2v) is 6.59. The Hall–Kier alpha value is -1.62. The molecule has 0 spiro atoms. The first-order chi connectivity index (χ1) is 10.1. The van der Waals surface area contributed by atoms with Crippen molar-refractivity contribution in [2.24, 2.45) is 5.92 Å². The fraction of sp³-hybridized carbons (Fsp3) is 0.375. The lowest BCUT2D eigenvalue weighted by Gasteiger charge is -2.30. The van der Waals surface area contributed by atoms with Crippen molar-refractivity contribution in [2.75, 3.05) is 13.1 Å². The molecule has 110 valence electrons. The van der Waals surface area contributed by atoms with E-state index in [9.17, 15) is 4.79 Å². The number of aromatic nitrogens is 2. The Morgan fingerprint density at radius 2 is 2.14 bits per heavy atom. The van der Waals surface area contributed by atoms with Crippen molar-refractivity contribution >= 4 is 21.8 Å². The zero-order chi connectivity index (χ0) is 14.8. The Kier molecular flexibility index (Phi) is 4.10. The van der Waals surface area contributed by atoms with Gasteiger partial charge in [-0.2, -0.15) is 5.10 Å². The lowest BCUT2D eigenvalue weighted by Crippen LogP contribution is -2.39. The molecule has 1 aromatic heterocycles. The highest BCUT2D eigenvalue weighted by molar-refractivity contribution is 9.10. The molecule has 1 aromatic carbocycles. The molecule has 0 bridgehead atoms. The van der Waals surface area contributed by atoms with Gasteiger partial charge < -0.3 is 4.90 Å². The van der Waals surface area contributed by atoms with Gasteiger partial charge in [0.15, 0.2) is 0 Å². The smallest absolute Gasteiger partial charge is 0.271 e. The maximum atomic E-state index is 12.5. The molecule has 0 radical (unpaired) electrons. The Morgan fingerprint density at radius 1 is 1.38 bits per heavy atom. The van der Waals surface area contributed by atoms with Crippen LogP contribution in [0.2, 0.25) is 0 Å². The Morgan fingerprint density at radius 3 is 2.86 bits per heavy atom. The number of likely N-dealkylation sites (tertiary alicyclic amines) is 1. The van der Waals surface area contributed by atoms with E-state index in [0.717, 1.165) is 35.2 Å². The number of carbonyl (C=O) groups is 1. The maximum Gasteiger partial charge on any atom is 0.271 e. The number of nitrogens with one attached hydrogen (secondary N) is 1. The zero-order valence-electron chi connectivity index (χ0n) is 12.0. The molecular formula is C16H18BrN3O. The largest absolute Gasteiger partial charge is 0.337 e. The Labute approximate surface area is 132 Å². The SMILES string of the molecule is CC1CCCN(C(=O)c2cc(-c3ccc(Br)cc3)n[nH]2)C1. The molecule has 1 unspecified atom stereocenters. The van der Waals surface area contributed by atoms with E-state index >= 15 is 0 Å². The van der Waals surface area contributed by atoms with E-state index in [0.29, 0.717) is 11.6 Å². The maximum absolute atomic E-state index is 12.5. The van der Waals surface area contributed by atoms with Gasteiger partial charge in [0.1, 0.15) is 5.69 Å². The second-order valence-electron chi connectivity index (χ2n) is 5.67. The molecule has 0 saturated carbocycles. The minimum absolute atomic E-state index is 0.0532. The summed E-state index contributed by atoms with van der Waals surface area (Å²) in [6.07, 6.45) is 2.29. The van der Waals surface area contributed by atoms with E-state index in [1.165, 1.54) is 6.42 Å². The third-order valence-electron chi connectivity index (χ3n) is 3.89. The summed E-state index contributed by atoms with van der Waals surface area (Å²) in [5.74, 6) is 0.633. The third kappa shape index (κ3) is 3.18. The van der Waals surface area contributed by atoms with Crippen LogP contribution in [-0.2, 0) is 0 Å². The summed E-state index contributed by atoms with van der Waals surface area (Å²) < 4.78 is 1.03. The number of aromatic amines is 1. The van der Waals surface area contributed by atoms with Gasteiger partial charge in [-0.05, 0) is 37.0 Å². The van der Waals surface area contributed by atoms with Crippen LogP contribution >= 0.6 is 15.9 Å². The van der Waals surface area contributed by atoms with Gasteiger partial charge in [0.2, 0.25) is 0 Å². The molecule has 0 aliphatic carbocycles. The van der Waals surface area contributed by atoms with Crippen molar-refractivity contribution < 1.29 is 4.79 Å². The monoisotopic (exact) mass is 347 g/mol. The Balaban J connectivity index is 1.78. The van der Waals surface area contributed by atoms with Crippen LogP contribution in [0.15, 0.2) is 34.8 Å². The lowest BCUT2D eigenvalue weighted by molar-refractivity contribution is 0.0677. The molecular weight excluding hydrogens is 330 g/mol. The molecule has 5 heteroatoms. The van der Waals surface area contributed by atoms with Gasteiger partial charge in [0.25, 0.3) is 5.91 Å². The minimum atomic E-state index is 0.0532. The summed E-state index contributed by atoms with van der Waals surface area (Å²) in [6, 6.07) is 9.75. The molecule has 1 fully saturated rings. The van der Waals surface area contributed by atoms with E-state index in [1.807, 2.05) is 35.2 Å². The van der Waals surface area contributed by atoms with Crippen LogP contribution in [0, 0.1) is 5.92 Å². The molecule has 1 aliphatic rings. The fourth-order valence-electron chi connectivity index (χ4n) is 2.74. The van der Waals surface area contributed by atoms with Gasteiger partial charge >= 0.3 is 0 Å².